The topological polar surface area (TPSA) is 75.7 Å². The number of urea groups is 1. The van der Waals surface area contributed by atoms with Gasteiger partial charge in [0.2, 0.25) is 0 Å². The number of sulfonamides is 1. The Morgan fingerprint density at radius 2 is 1.85 bits per heavy atom. The molecule has 2 aromatic carbocycles. The van der Waals surface area contributed by atoms with Crippen molar-refractivity contribution in [3.8, 4) is 5.75 Å². The fourth-order valence-corrected chi connectivity index (χ4v) is 3.72. The van der Waals surface area contributed by atoms with Crippen LogP contribution in [0.15, 0.2) is 47.4 Å². The lowest BCUT2D eigenvalue weighted by atomic mass is 10.1. The van der Waals surface area contributed by atoms with Gasteiger partial charge < -0.3 is 10.1 Å². The number of aryl methyl sites for hydroxylation is 1. The Hall–Kier alpha value is -2.25. The minimum atomic E-state index is -3.95. The van der Waals surface area contributed by atoms with Crippen LogP contribution in [0.1, 0.15) is 31.0 Å². The number of carbonyl (C=O) groups is 1. The molecule has 0 heterocycles. The molecule has 146 valence electrons. The van der Waals surface area contributed by atoms with Gasteiger partial charge in [-0.25, -0.2) is 17.5 Å². The zero-order valence-corrected chi connectivity index (χ0v) is 17.3. The molecule has 1 unspecified atom stereocenters. The molecule has 0 aliphatic rings. The van der Waals surface area contributed by atoms with Gasteiger partial charge in [0.05, 0.1) is 17.5 Å². The van der Waals surface area contributed by atoms with Gasteiger partial charge in [-0.2, -0.15) is 0 Å². The van der Waals surface area contributed by atoms with Crippen molar-refractivity contribution in [3.05, 3.63) is 58.6 Å². The molecule has 0 aromatic heterocycles. The molecule has 27 heavy (non-hydrogen) atoms. The van der Waals surface area contributed by atoms with Crippen LogP contribution in [0, 0.1) is 6.92 Å². The molecule has 0 aliphatic heterocycles. The Balaban J connectivity index is 2.21. The summed E-state index contributed by atoms with van der Waals surface area (Å²) in [6.45, 7) is 5.90. The van der Waals surface area contributed by atoms with E-state index in [1.165, 1.54) is 19.2 Å². The van der Waals surface area contributed by atoms with E-state index in [-0.39, 0.29) is 4.90 Å². The van der Waals surface area contributed by atoms with Gasteiger partial charge in [0, 0.05) is 17.6 Å². The summed E-state index contributed by atoms with van der Waals surface area (Å²) in [4.78, 5) is 12.6. The minimum Gasteiger partial charge on any atom is -0.494 e. The fourth-order valence-electron chi connectivity index (χ4n) is 2.48. The molecule has 0 spiro atoms. The van der Waals surface area contributed by atoms with Gasteiger partial charge in [-0.3, -0.25) is 0 Å². The molecule has 2 rings (SSSR count). The van der Waals surface area contributed by atoms with Crippen molar-refractivity contribution in [1.82, 2.24) is 9.62 Å². The Morgan fingerprint density at radius 1 is 1.22 bits per heavy atom. The van der Waals surface area contributed by atoms with Gasteiger partial charge in [-0.15, -0.1) is 0 Å². The third-order valence-electron chi connectivity index (χ3n) is 4.04. The first kappa shape index (κ1) is 21.1. The van der Waals surface area contributed by atoms with Crippen molar-refractivity contribution in [1.29, 1.82) is 0 Å². The van der Waals surface area contributed by atoms with Crippen LogP contribution in [0.25, 0.3) is 0 Å². The summed E-state index contributed by atoms with van der Waals surface area (Å²) in [7, 11) is -2.73. The van der Waals surface area contributed by atoms with Crippen molar-refractivity contribution in [2.24, 2.45) is 0 Å². The minimum absolute atomic E-state index is 0.0520. The lowest BCUT2D eigenvalue weighted by molar-refractivity contribution is 0.224. The lowest BCUT2D eigenvalue weighted by Gasteiger charge is -2.23. The third-order valence-corrected chi connectivity index (χ3v) is 6.03. The predicted octanol–water partition coefficient (Wildman–Crippen LogP) is 4.14. The van der Waals surface area contributed by atoms with Crippen LogP contribution < -0.4 is 10.1 Å². The van der Waals surface area contributed by atoms with E-state index < -0.39 is 22.1 Å². The summed E-state index contributed by atoms with van der Waals surface area (Å²) in [6.07, 6.45) is 0. The smallest absolute Gasteiger partial charge is 0.331 e. The highest BCUT2D eigenvalue weighted by molar-refractivity contribution is 7.89. The van der Waals surface area contributed by atoms with Crippen LogP contribution in [0.4, 0.5) is 4.79 Å². The number of nitrogens with zero attached hydrogens (tertiary/aromatic N) is 1. The number of hydrogen-bond acceptors (Lipinski definition) is 4. The van der Waals surface area contributed by atoms with E-state index in [0.29, 0.717) is 27.2 Å². The molecule has 6 nitrogen and oxygen atoms in total. The number of hydrogen-bond donors (Lipinski definition) is 1. The maximum atomic E-state index is 12.6. The second-order valence-electron chi connectivity index (χ2n) is 6.07. The number of rotatable bonds is 6. The van der Waals surface area contributed by atoms with Crippen molar-refractivity contribution >= 4 is 27.7 Å². The fraction of sp³-hybridized carbons (Fsp3) is 0.316. The second kappa shape index (κ2) is 8.63. The molecule has 1 atom stereocenters. The molecular formula is C19H23ClN2O4S. The van der Waals surface area contributed by atoms with Crippen LogP contribution in [-0.4, -0.2) is 32.4 Å². The average molecular weight is 411 g/mol. The first-order chi connectivity index (χ1) is 12.7. The monoisotopic (exact) mass is 410 g/mol. The zero-order valence-electron chi connectivity index (χ0n) is 15.7. The first-order valence-electron chi connectivity index (χ1n) is 8.45. The number of carbonyl (C=O) groups excluding carboxylic acids is 1. The molecule has 0 fully saturated rings. The number of amides is 2. The first-order valence-corrected chi connectivity index (χ1v) is 10.3. The summed E-state index contributed by atoms with van der Waals surface area (Å²) in [5, 5.41) is 3.17. The van der Waals surface area contributed by atoms with Gasteiger partial charge >= 0.3 is 6.03 Å². The molecule has 1 N–H and O–H groups in total. The van der Waals surface area contributed by atoms with Crippen molar-refractivity contribution in [3.63, 3.8) is 0 Å². The van der Waals surface area contributed by atoms with Crippen LogP contribution >= 0.6 is 11.6 Å². The molecule has 0 saturated carbocycles. The number of halogens is 1. The molecule has 2 aromatic rings. The lowest BCUT2D eigenvalue weighted by Crippen LogP contribution is -2.42. The highest BCUT2D eigenvalue weighted by Gasteiger charge is 2.27. The standard InChI is InChI=1S/C19H23ClN2O4S/c1-5-26-18-11-8-15(20)12-17(18)14(3)21-19(23)22(4)27(24,25)16-9-6-13(2)7-10-16/h6-12,14H,5H2,1-4H3,(H,21,23). The van der Waals surface area contributed by atoms with Crippen LogP contribution in [0.2, 0.25) is 5.02 Å². The summed E-state index contributed by atoms with van der Waals surface area (Å²) in [6, 6.07) is 10.2. The molecule has 0 radical (unpaired) electrons. The van der Waals surface area contributed by atoms with E-state index in [0.717, 1.165) is 5.56 Å². The molecule has 2 amide bonds. The second-order valence-corrected chi connectivity index (χ2v) is 8.48. The average Bonchev–Trinajstić information content (AvgIpc) is 2.62. The molecule has 0 aliphatic carbocycles. The molecule has 0 saturated heterocycles. The van der Waals surface area contributed by atoms with E-state index in [2.05, 4.69) is 5.32 Å². The number of benzene rings is 2. The highest BCUT2D eigenvalue weighted by Crippen LogP contribution is 2.29. The van der Waals surface area contributed by atoms with E-state index in [9.17, 15) is 13.2 Å². The third kappa shape index (κ3) is 4.93. The molecule has 0 bridgehead atoms. The van der Waals surface area contributed by atoms with Gasteiger partial charge in [0.15, 0.2) is 0 Å². The highest BCUT2D eigenvalue weighted by atomic mass is 35.5. The predicted molar refractivity (Wildman–Crippen MR) is 106 cm³/mol. The van der Waals surface area contributed by atoms with Crippen molar-refractivity contribution in [2.75, 3.05) is 13.7 Å². The summed E-state index contributed by atoms with van der Waals surface area (Å²) in [5.74, 6) is 0.582. The Morgan fingerprint density at radius 3 is 2.44 bits per heavy atom. The zero-order chi connectivity index (χ0) is 20.2. The van der Waals surface area contributed by atoms with Gasteiger partial charge in [-0.1, -0.05) is 29.3 Å². The maximum Gasteiger partial charge on any atom is 0.331 e. The van der Waals surface area contributed by atoms with Crippen molar-refractivity contribution in [2.45, 2.75) is 31.7 Å². The Kier molecular flexibility index (Phi) is 6.73. The van der Waals surface area contributed by atoms with Crippen molar-refractivity contribution < 1.29 is 17.9 Å². The molecular weight excluding hydrogens is 388 g/mol. The summed E-state index contributed by atoms with van der Waals surface area (Å²) >= 11 is 6.05. The van der Waals surface area contributed by atoms with Gasteiger partial charge in [-0.05, 0) is 51.1 Å². The largest absolute Gasteiger partial charge is 0.494 e. The Bertz CT molecular complexity index is 914. The number of nitrogens with one attached hydrogen (secondary N) is 1. The van der Waals surface area contributed by atoms with Gasteiger partial charge in [0.1, 0.15) is 5.75 Å². The SMILES string of the molecule is CCOc1ccc(Cl)cc1C(C)NC(=O)N(C)S(=O)(=O)c1ccc(C)cc1. The van der Waals surface area contributed by atoms with Crippen LogP contribution in [0.5, 0.6) is 5.75 Å². The summed E-state index contributed by atoms with van der Waals surface area (Å²) < 4.78 is 31.5. The van der Waals surface area contributed by atoms with Gasteiger partial charge in [0.25, 0.3) is 10.0 Å². The van der Waals surface area contributed by atoms with E-state index in [1.54, 1.807) is 37.3 Å². The van der Waals surface area contributed by atoms with E-state index in [1.807, 2.05) is 13.8 Å². The normalized spacial score (nSPS) is 12.3. The quantitative estimate of drug-likeness (QED) is 0.776. The summed E-state index contributed by atoms with van der Waals surface area (Å²) in [5.41, 5.74) is 1.60. The van der Waals surface area contributed by atoms with E-state index in [4.69, 9.17) is 16.3 Å². The van der Waals surface area contributed by atoms with E-state index >= 15 is 0 Å². The maximum absolute atomic E-state index is 12.6. The van der Waals surface area contributed by atoms with Crippen LogP contribution in [0.3, 0.4) is 0 Å². The van der Waals surface area contributed by atoms with Crippen LogP contribution in [-0.2, 0) is 10.0 Å². The molecule has 8 heteroatoms. The number of ether oxygens (including phenoxy) is 1. The Labute approximate surface area is 165 Å².